The quantitative estimate of drug-likeness (QED) is 0.143. The third-order valence-corrected chi connectivity index (χ3v) is 5.55. The largest absolute Gasteiger partial charge is 0.445 e. The molecule has 218 valence electrons. The number of alkyl carbamates (subject to hydrolysis) is 2. The smallest absolute Gasteiger partial charge is 0.407 e. The van der Waals surface area contributed by atoms with Gasteiger partial charge in [0.2, 0.25) is 5.91 Å². The zero-order valence-electron chi connectivity index (χ0n) is 23.7. The number of rotatable bonds is 19. The lowest BCUT2D eigenvalue weighted by atomic mass is 9.96. The third kappa shape index (κ3) is 17.5. The summed E-state index contributed by atoms with van der Waals surface area (Å²) in [6, 6.07) is -1.35. The lowest BCUT2D eigenvalue weighted by molar-refractivity contribution is -0.132. The number of carbonyl (C=O) groups is 5. The van der Waals surface area contributed by atoms with Crippen LogP contribution in [0, 0.1) is 5.92 Å². The highest BCUT2D eigenvalue weighted by Crippen LogP contribution is 2.11. The maximum Gasteiger partial charge on any atom is 0.407 e. The normalized spacial score (nSPS) is 13.4. The Labute approximate surface area is 227 Å². The van der Waals surface area contributed by atoms with E-state index in [4.69, 9.17) is 15.2 Å². The van der Waals surface area contributed by atoms with Gasteiger partial charge in [-0.1, -0.05) is 26.5 Å². The first kappa shape index (κ1) is 35.0. The molecular weight excluding hydrogens is 492 g/mol. The fourth-order valence-electron chi connectivity index (χ4n) is 3.42. The molecule has 0 rings (SSSR count). The summed E-state index contributed by atoms with van der Waals surface area (Å²) in [5.41, 5.74) is 5.42. The van der Waals surface area contributed by atoms with E-state index in [9.17, 15) is 24.0 Å². The van der Waals surface area contributed by atoms with E-state index in [0.29, 0.717) is 51.6 Å². The lowest BCUT2D eigenvalue weighted by Crippen LogP contribution is -2.44. The van der Waals surface area contributed by atoms with Gasteiger partial charge in [0.25, 0.3) is 0 Å². The standard InChI is InChI=1S/C27H48N4O7/c1-7-17-37-25(35)29-15-11-9-13-20(28)23(33)18-19(3)24(34)31-21(22(32)8-2)14-10-12-16-30-26(36)38-27(4,5)6/h7,19-21H,1,8-18,28H2,2-6H3,(H,29,35)(H,30,36)(H,31,34). The van der Waals surface area contributed by atoms with Crippen LogP contribution in [0.1, 0.15) is 86.0 Å². The van der Waals surface area contributed by atoms with Crippen molar-refractivity contribution < 1.29 is 33.4 Å². The van der Waals surface area contributed by atoms with Crippen LogP contribution < -0.4 is 21.7 Å². The van der Waals surface area contributed by atoms with E-state index in [1.54, 1.807) is 34.6 Å². The van der Waals surface area contributed by atoms with E-state index in [2.05, 4.69) is 22.5 Å². The topological polar surface area (TPSA) is 166 Å². The first-order valence-electron chi connectivity index (χ1n) is 13.4. The molecule has 11 heteroatoms. The number of unbranched alkanes of at least 4 members (excludes halogenated alkanes) is 2. The van der Waals surface area contributed by atoms with E-state index >= 15 is 0 Å². The molecule has 0 saturated heterocycles. The minimum Gasteiger partial charge on any atom is -0.445 e. The van der Waals surface area contributed by atoms with Crippen molar-refractivity contribution in [2.75, 3.05) is 19.7 Å². The average Bonchev–Trinajstić information content (AvgIpc) is 2.84. The van der Waals surface area contributed by atoms with Crippen LogP contribution >= 0.6 is 0 Å². The third-order valence-electron chi connectivity index (χ3n) is 5.55. The van der Waals surface area contributed by atoms with Crippen molar-refractivity contribution in [3.8, 4) is 0 Å². The van der Waals surface area contributed by atoms with Crippen LogP contribution in [0.25, 0.3) is 0 Å². The summed E-state index contributed by atoms with van der Waals surface area (Å²) in [6.07, 6.45) is 4.08. The van der Waals surface area contributed by atoms with Crippen LogP contribution in [0.2, 0.25) is 0 Å². The summed E-state index contributed by atoms with van der Waals surface area (Å²) in [5, 5.41) is 8.04. The van der Waals surface area contributed by atoms with Crippen molar-refractivity contribution in [3.63, 3.8) is 0 Å². The molecule has 0 aromatic carbocycles. The molecule has 3 amide bonds. The van der Waals surface area contributed by atoms with Gasteiger partial charge in [-0.2, -0.15) is 0 Å². The molecule has 0 aromatic heterocycles. The first-order valence-corrected chi connectivity index (χ1v) is 13.4. The van der Waals surface area contributed by atoms with Crippen molar-refractivity contribution in [3.05, 3.63) is 12.7 Å². The number of ketones is 2. The maximum absolute atomic E-state index is 12.7. The zero-order valence-corrected chi connectivity index (χ0v) is 23.7. The molecule has 5 N–H and O–H groups in total. The SMILES string of the molecule is C=CCOC(=O)NCCCCC(N)C(=O)CC(C)C(=O)NC(CCCCNC(=O)OC(C)(C)C)C(=O)CC. The minimum atomic E-state index is -0.705. The Morgan fingerprint density at radius 3 is 2.05 bits per heavy atom. The van der Waals surface area contributed by atoms with E-state index < -0.39 is 35.8 Å². The first-order chi connectivity index (χ1) is 17.8. The Morgan fingerprint density at radius 1 is 0.921 bits per heavy atom. The number of amides is 3. The van der Waals surface area contributed by atoms with Crippen LogP contribution in [-0.2, 0) is 23.9 Å². The minimum absolute atomic E-state index is 0.0219. The molecule has 0 aromatic rings. The van der Waals surface area contributed by atoms with E-state index in [0.717, 1.165) is 0 Å². The van der Waals surface area contributed by atoms with Gasteiger partial charge in [0.1, 0.15) is 18.0 Å². The Kier molecular flexibility index (Phi) is 17.7. The fourth-order valence-corrected chi connectivity index (χ4v) is 3.42. The Hall–Kier alpha value is -2.95. The number of nitrogens with two attached hydrogens (primary N) is 1. The predicted octanol–water partition coefficient (Wildman–Crippen LogP) is 3.15. The molecule has 0 aliphatic carbocycles. The predicted molar refractivity (Wildman–Crippen MR) is 145 cm³/mol. The van der Waals surface area contributed by atoms with Gasteiger partial charge in [0.15, 0.2) is 5.78 Å². The van der Waals surface area contributed by atoms with Crippen LogP contribution in [0.15, 0.2) is 12.7 Å². The van der Waals surface area contributed by atoms with Crippen LogP contribution in [0.5, 0.6) is 0 Å². The van der Waals surface area contributed by atoms with Crippen LogP contribution in [-0.4, -0.2) is 67.0 Å². The van der Waals surface area contributed by atoms with Gasteiger partial charge in [-0.3, -0.25) is 14.4 Å². The molecule has 11 nitrogen and oxygen atoms in total. The molecule has 0 radical (unpaired) electrons. The van der Waals surface area contributed by atoms with Gasteiger partial charge in [-0.15, -0.1) is 0 Å². The summed E-state index contributed by atoms with van der Waals surface area (Å²) in [6.45, 7) is 13.1. The van der Waals surface area contributed by atoms with Gasteiger partial charge in [-0.25, -0.2) is 9.59 Å². The van der Waals surface area contributed by atoms with Crippen molar-refractivity contribution >= 4 is 29.7 Å². The number of Topliss-reactive ketones (excluding diaryl/α,β-unsaturated/α-hetero) is 2. The van der Waals surface area contributed by atoms with Crippen molar-refractivity contribution in [1.82, 2.24) is 16.0 Å². The molecule has 3 atom stereocenters. The monoisotopic (exact) mass is 540 g/mol. The van der Waals surface area contributed by atoms with Gasteiger partial charge in [0, 0.05) is 31.8 Å². The van der Waals surface area contributed by atoms with E-state index in [1.807, 2.05) is 0 Å². The number of ether oxygens (including phenoxy) is 2. The van der Waals surface area contributed by atoms with Crippen molar-refractivity contribution in [1.29, 1.82) is 0 Å². The molecule has 38 heavy (non-hydrogen) atoms. The van der Waals surface area contributed by atoms with Crippen molar-refractivity contribution in [2.45, 2.75) is 104 Å². The Balaban J connectivity index is 4.41. The molecule has 0 aliphatic rings. The van der Waals surface area contributed by atoms with Gasteiger partial charge < -0.3 is 31.2 Å². The van der Waals surface area contributed by atoms with Crippen LogP contribution in [0.3, 0.4) is 0 Å². The highest BCUT2D eigenvalue weighted by Gasteiger charge is 2.25. The summed E-state index contributed by atoms with van der Waals surface area (Å²) in [7, 11) is 0. The number of hydrogen-bond donors (Lipinski definition) is 4. The highest BCUT2D eigenvalue weighted by atomic mass is 16.6. The fraction of sp³-hybridized carbons (Fsp3) is 0.741. The molecule has 0 fully saturated rings. The molecule has 0 aliphatic heterocycles. The maximum atomic E-state index is 12.7. The molecular formula is C27H48N4O7. The summed E-state index contributed by atoms with van der Waals surface area (Å²) < 4.78 is 9.98. The number of nitrogens with one attached hydrogen (secondary N) is 3. The van der Waals surface area contributed by atoms with Gasteiger partial charge >= 0.3 is 12.2 Å². The second-order valence-electron chi connectivity index (χ2n) is 10.3. The molecule has 0 heterocycles. The van der Waals surface area contributed by atoms with Gasteiger partial charge in [-0.05, 0) is 59.3 Å². The van der Waals surface area contributed by atoms with E-state index in [-0.39, 0.29) is 36.9 Å². The van der Waals surface area contributed by atoms with Crippen LogP contribution in [0.4, 0.5) is 9.59 Å². The second-order valence-corrected chi connectivity index (χ2v) is 10.3. The number of carbonyl (C=O) groups excluding carboxylic acids is 5. The number of hydrogen-bond acceptors (Lipinski definition) is 8. The summed E-state index contributed by atoms with van der Waals surface area (Å²) in [5.74, 6) is -1.31. The molecule has 0 saturated carbocycles. The Bertz CT molecular complexity index is 780. The van der Waals surface area contributed by atoms with Gasteiger partial charge in [0.05, 0.1) is 12.1 Å². The molecule has 0 spiro atoms. The second kappa shape index (κ2) is 19.2. The summed E-state index contributed by atoms with van der Waals surface area (Å²) >= 11 is 0. The van der Waals surface area contributed by atoms with E-state index in [1.165, 1.54) is 6.08 Å². The zero-order chi connectivity index (χ0) is 29.1. The lowest BCUT2D eigenvalue weighted by Gasteiger charge is -2.21. The molecule has 3 unspecified atom stereocenters. The molecule has 0 bridgehead atoms. The Morgan fingerprint density at radius 2 is 1.50 bits per heavy atom. The van der Waals surface area contributed by atoms with Crippen molar-refractivity contribution in [2.24, 2.45) is 11.7 Å². The summed E-state index contributed by atoms with van der Waals surface area (Å²) in [4.78, 5) is 60.6. The highest BCUT2D eigenvalue weighted by molar-refractivity contribution is 5.92. The average molecular weight is 541 g/mol.